The van der Waals surface area contributed by atoms with Crippen LogP contribution in [-0.2, 0) is 16.1 Å². The number of amides is 2. The van der Waals surface area contributed by atoms with Gasteiger partial charge in [-0.1, -0.05) is 30.3 Å². The molecule has 0 aromatic heterocycles. The molecule has 0 bridgehead atoms. The van der Waals surface area contributed by atoms with Crippen molar-refractivity contribution in [2.24, 2.45) is 0 Å². The van der Waals surface area contributed by atoms with Gasteiger partial charge in [-0.25, -0.2) is 9.59 Å². The Bertz CT molecular complexity index is 605. The second-order valence-electron chi connectivity index (χ2n) is 6.84. The molecule has 0 fully saturated rings. The van der Waals surface area contributed by atoms with E-state index in [2.05, 4.69) is 10.6 Å². The summed E-state index contributed by atoms with van der Waals surface area (Å²) in [5.41, 5.74) is 0.323. The standard InChI is InChI=1S/C19H27N3O4/c1-19(2,3)26-18(24)22-16(11-12-20)10-7-13-21-17(23)25-14-15-8-5-4-6-9-15/h4-6,8-9,16H,7,10-11,13-14H2,1-3H3,(H,21,23)(H,22,24)/t16-/m0/s1. The number of benzene rings is 1. The fraction of sp³-hybridized carbons (Fsp3) is 0.526. The number of carbonyl (C=O) groups excluding carboxylic acids is 2. The van der Waals surface area contributed by atoms with Crippen molar-refractivity contribution in [2.75, 3.05) is 6.54 Å². The van der Waals surface area contributed by atoms with Crippen LogP contribution in [0.5, 0.6) is 0 Å². The van der Waals surface area contributed by atoms with Crippen molar-refractivity contribution in [3.63, 3.8) is 0 Å². The molecule has 1 rings (SSSR count). The Morgan fingerprint density at radius 1 is 1.19 bits per heavy atom. The predicted octanol–water partition coefficient (Wildman–Crippen LogP) is 3.50. The fourth-order valence-corrected chi connectivity index (χ4v) is 2.12. The Hall–Kier alpha value is -2.75. The molecule has 1 aromatic carbocycles. The lowest BCUT2D eigenvalue weighted by atomic mass is 10.1. The molecule has 0 spiro atoms. The zero-order valence-electron chi connectivity index (χ0n) is 15.6. The number of hydrogen-bond donors (Lipinski definition) is 2. The molecule has 0 radical (unpaired) electrons. The summed E-state index contributed by atoms with van der Waals surface area (Å²) in [4.78, 5) is 23.4. The van der Waals surface area contributed by atoms with E-state index in [0.29, 0.717) is 19.4 Å². The molecule has 1 aromatic rings. The van der Waals surface area contributed by atoms with Gasteiger partial charge in [-0.15, -0.1) is 0 Å². The average Bonchev–Trinajstić information content (AvgIpc) is 2.56. The fourth-order valence-electron chi connectivity index (χ4n) is 2.12. The molecule has 7 heteroatoms. The summed E-state index contributed by atoms with van der Waals surface area (Å²) in [5.74, 6) is 0. The van der Waals surface area contributed by atoms with Crippen LogP contribution in [0.25, 0.3) is 0 Å². The first kappa shape index (κ1) is 21.3. The molecule has 0 aliphatic rings. The van der Waals surface area contributed by atoms with Crippen LogP contribution in [-0.4, -0.2) is 30.4 Å². The number of nitrogens with zero attached hydrogens (tertiary/aromatic N) is 1. The topological polar surface area (TPSA) is 100 Å². The monoisotopic (exact) mass is 361 g/mol. The van der Waals surface area contributed by atoms with Crippen LogP contribution in [0.4, 0.5) is 9.59 Å². The van der Waals surface area contributed by atoms with Crippen LogP contribution in [0.3, 0.4) is 0 Å². The van der Waals surface area contributed by atoms with Gasteiger partial charge in [-0.2, -0.15) is 5.26 Å². The zero-order chi connectivity index (χ0) is 19.4. The van der Waals surface area contributed by atoms with E-state index >= 15 is 0 Å². The minimum atomic E-state index is -0.592. The number of alkyl carbamates (subject to hydrolysis) is 2. The molecule has 2 amide bonds. The molecule has 0 unspecified atom stereocenters. The highest BCUT2D eigenvalue weighted by atomic mass is 16.6. The average molecular weight is 361 g/mol. The molecule has 1 atom stereocenters. The molecule has 142 valence electrons. The quantitative estimate of drug-likeness (QED) is 0.690. The highest BCUT2D eigenvalue weighted by Gasteiger charge is 2.19. The third-order valence-corrected chi connectivity index (χ3v) is 3.27. The molecule has 26 heavy (non-hydrogen) atoms. The predicted molar refractivity (Wildman–Crippen MR) is 97.3 cm³/mol. The number of nitrogens with one attached hydrogen (secondary N) is 2. The van der Waals surface area contributed by atoms with Gasteiger partial charge in [0, 0.05) is 12.6 Å². The molecule has 0 aliphatic carbocycles. The summed E-state index contributed by atoms with van der Waals surface area (Å²) < 4.78 is 10.3. The van der Waals surface area contributed by atoms with E-state index in [1.807, 2.05) is 36.4 Å². The first-order valence-corrected chi connectivity index (χ1v) is 8.61. The summed E-state index contributed by atoms with van der Waals surface area (Å²) in [6, 6.07) is 11.1. The molecule has 2 N–H and O–H groups in total. The zero-order valence-corrected chi connectivity index (χ0v) is 15.6. The van der Waals surface area contributed by atoms with Crippen LogP contribution >= 0.6 is 0 Å². The van der Waals surface area contributed by atoms with E-state index in [1.165, 1.54) is 0 Å². The van der Waals surface area contributed by atoms with Crippen LogP contribution in [0.2, 0.25) is 0 Å². The summed E-state index contributed by atoms with van der Waals surface area (Å²) in [6.45, 7) is 5.93. The van der Waals surface area contributed by atoms with Gasteiger partial charge in [-0.05, 0) is 39.2 Å². The van der Waals surface area contributed by atoms with Gasteiger partial charge in [0.05, 0.1) is 12.5 Å². The van der Waals surface area contributed by atoms with Crippen molar-refractivity contribution < 1.29 is 19.1 Å². The van der Waals surface area contributed by atoms with Gasteiger partial charge in [-0.3, -0.25) is 0 Å². The Balaban J connectivity index is 2.24. The van der Waals surface area contributed by atoms with Crippen LogP contribution < -0.4 is 10.6 Å². The molecule has 0 saturated carbocycles. The SMILES string of the molecule is CC(C)(C)OC(=O)N[C@H](CC#N)CCCNC(=O)OCc1ccccc1. The first-order valence-electron chi connectivity index (χ1n) is 8.61. The maximum Gasteiger partial charge on any atom is 0.407 e. The lowest BCUT2D eigenvalue weighted by Crippen LogP contribution is -2.39. The maximum atomic E-state index is 11.8. The Morgan fingerprint density at radius 3 is 2.50 bits per heavy atom. The lowest BCUT2D eigenvalue weighted by Gasteiger charge is -2.22. The van der Waals surface area contributed by atoms with E-state index < -0.39 is 17.8 Å². The van der Waals surface area contributed by atoms with Gasteiger partial charge in [0.15, 0.2) is 0 Å². The number of carbonyl (C=O) groups is 2. The third kappa shape index (κ3) is 10.2. The summed E-state index contributed by atoms with van der Waals surface area (Å²) in [5, 5.41) is 14.2. The summed E-state index contributed by atoms with van der Waals surface area (Å²) in [7, 11) is 0. The molecule has 0 heterocycles. The normalized spacial score (nSPS) is 11.8. The van der Waals surface area contributed by atoms with Crippen molar-refractivity contribution in [1.82, 2.24) is 10.6 Å². The van der Waals surface area contributed by atoms with Crippen LogP contribution in [0, 0.1) is 11.3 Å². The maximum absolute atomic E-state index is 11.8. The summed E-state index contributed by atoms with van der Waals surface area (Å²) in [6.07, 6.45) is 0.283. The molecular formula is C19H27N3O4. The van der Waals surface area contributed by atoms with Crippen molar-refractivity contribution in [1.29, 1.82) is 5.26 Å². The molecule has 7 nitrogen and oxygen atoms in total. The van der Waals surface area contributed by atoms with E-state index in [0.717, 1.165) is 5.56 Å². The van der Waals surface area contributed by atoms with Gasteiger partial charge < -0.3 is 20.1 Å². The summed E-state index contributed by atoms with van der Waals surface area (Å²) >= 11 is 0. The van der Waals surface area contributed by atoms with Gasteiger partial charge in [0.1, 0.15) is 12.2 Å². The van der Waals surface area contributed by atoms with E-state index in [9.17, 15) is 9.59 Å². The third-order valence-electron chi connectivity index (χ3n) is 3.27. The van der Waals surface area contributed by atoms with E-state index in [1.54, 1.807) is 20.8 Å². The number of rotatable bonds is 8. The number of nitriles is 1. The van der Waals surface area contributed by atoms with Gasteiger partial charge >= 0.3 is 12.2 Å². The van der Waals surface area contributed by atoms with Crippen molar-refractivity contribution in [2.45, 2.75) is 58.3 Å². The minimum Gasteiger partial charge on any atom is -0.445 e. The van der Waals surface area contributed by atoms with Crippen LogP contribution in [0.15, 0.2) is 30.3 Å². The van der Waals surface area contributed by atoms with E-state index in [4.69, 9.17) is 14.7 Å². The van der Waals surface area contributed by atoms with Crippen molar-refractivity contribution in [3.05, 3.63) is 35.9 Å². The Kier molecular flexibility index (Phi) is 8.99. The van der Waals surface area contributed by atoms with Crippen molar-refractivity contribution >= 4 is 12.2 Å². The number of hydrogen-bond acceptors (Lipinski definition) is 5. The van der Waals surface area contributed by atoms with Gasteiger partial charge in [0.2, 0.25) is 0 Å². The highest BCUT2D eigenvalue weighted by Crippen LogP contribution is 2.08. The molecule has 0 aliphatic heterocycles. The first-order chi connectivity index (χ1) is 12.3. The lowest BCUT2D eigenvalue weighted by molar-refractivity contribution is 0.0502. The van der Waals surface area contributed by atoms with Crippen molar-refractivity contribution in [3.8, 4) is 6.07 Å². The van der Waals surface area contributed by atoms with Gasteiger partial charge in [0.25, 0.3) is 0 Å². The second-order valence-corrected chi connectivity index (χ2v) is 6.84. The highest BCUT2D eigenvalue weighted by molar-refractivity contribution is 5.68. The smallest absolute Gasteiger partial charge is 0.407 e. The molecular weight excluding hydrogens is 334 g/mol. The second kappa shape index (κ2) is 11.0. The largest absolute Gasteiger partial charge is 0.445 e. The van der Waals surface area contributed by atoms with E-state index in [-0.39, 0.29) is 19.1 Å². The minimum absolute atomic E-state index is 0.178. The molecule has 0 saturated heterocycles. The Labute approximate surface area is 154 Å². The Morgan fingerprint density at radius 2 is 1.88 bits per heavy atom. The number of ether oxygens (including phenoxy) is 2. The van der Waals surface area contributed by atoms with Crippen LogP contribution in [0.1, 0.15) is 45.6 Å².